The average Bonchev–Trinajstić information content (AvgIpc) is 2.94. The lowest BCUT2D eigenvalue weighted by atomic mass is 10.0. The number of carbonyl (C=O) groups excluding carboxylic acids is 3. The number of para-hydroxylation sites is 1. The smallest absolute Gasteiger partial charge is 0.355 e. The summed E-state index contributed by atoms with van der Waals surface area (Å²) in [5, 5.41) is 2.36. The van der Waals surface area contributed by atoms with E-state index in [-0.39, 0.29) is 23.6 Å². The molecule has 2 atom stereocenters. The highest BCUT2D eigenvalue weighted by Gasteiger charge is 2.53. The molecule has 0 radical (unpaired) electrons. The van der Waals surface area contributed by atoms with Crippen molar-refractivity contribution in [3.8, 4) is 5.75 Å². The van der Waals surface area contributed by atoms with Gasteiger partial charge in [0, 0.05) is 5.75 Å². The van der Waals surface area contributed by atoms with Crippen molar-refractivity contribution in [1.29, 1.82) is 0 Å². The molecule has 0 aromatic heterocycles. The number of amides is 2. The number of ether oxygens (including phenoxy) is 2. The third-order valence-corrected chi connectivity index (χ3v) is 7.10. The number of nitrogens with one attached hydrogen (secondary N) is 1. The summed E-state index contributed by atoms with van der Waals surface area (Å²) in [6.45, 7) is -0.203. The second-order valence-electron chi connectivity index (χ2n) is 8.28. The fraction of sp³-hybridized carbons (Fsp3) is 0.179. The number of rotatable bonds is 8. The molecule has 2 aliphatic heterocycles. The number of fused-ring (bicyclic) bond motifs is 1. The van der Waals surface area contributed by atoms with Crippen LogP contribution in [0.2, 0.25) is 0 Å². The molecular formula is C28H24N2O5S. The molecule has 3 aromatic rings. The first-order valence-corrected chi connectivity index (χ1v) is 12.6. The van der Waals surface area contributed by atoms with E-state index in [1.165, 1.54) is 16.7 Å². The molecule has 36 heavy (non-hydrogen) atoms. The zero-order valence-electron chi connectivity index (χ0n) is 19.3. The predicted octanol–water partition coefficient (Wildman–Crippen LogP) is 3.68. The standard InChI is InChI=1S/C28H24N2O5S/c31-23(18-34-21-14-8-3-9-15-21)29-24-26(32)30-22(16-17-36-27(24)30)28(33)35-25(19-10-4-1-5-11-19)20-12-6-2-7-13-20/h1-16,24-25,27H,17-18H2,(H,29,31)/t24-,27+/m1/s1. The highest BCUT2D eigenvalue weighted by atomic mass is 32.2. The highest BCUT2D eigenvalue weighted by molar-refractivity contribution is 8.00. The quantitative estimate of drug-likeness (QED) is 0.375. The van der Waals surface area contributed by atoms with Crippen LogP contribution < -0.4 is 10.1 Å². The van der Waals surface area contributed by atoms with Gasteiger partial charge in [-0.25, -0.2) is 4.79 Å². The molecule has 0 saturated carbocycles. The van der Waals surface area contributed by atoms with E-state index in [0.29, 0.717) is 11.5 Å². The largest absolute Gasteiger partial charge is 0.484 e. The van der Waals surface area contributed by atoms with E-state index >= 15 is 0 Å². The van der Waals surface area contributed by atoms with Crippen LogP contribution in [0, 0.1) is 0 Å². The van der Waals surface area contributed by atoms with Crippen LogP contribution in [0.25, 0.3) is 0 Å². The minimum Gasteiger partial charge on any atom is -0.484 e. The van der Waals surface area contributed by atoms with Crippen LogP contribution in [-0.2, 0) is 19.1 Å². The molecule has 0 aliphatic carbocycles. The summed E-state index contributed by atoms with van der Waals surface area (Å²) in [5.41, 5.74) is 1.86. The Kier molecular flexibility index (Phi) is 7.04. The molecule has 1 fully saturated rings. The Morgan fingerprint density at radius 2 is 1.50 bits per heavy atom. The van der Waals surface area contributed by atoms with Crippen LogP contribution >= 0.6 is 11.8 Å². The Morgan fingerprint density at radius 1 is 0.917 bits per heavy atom. The van der Waals surface area contributed by atoms with E-state index in [9.17, 15) is 14.4 Å². The maximum absolute atomic E-state index is 13.3. The van der Waals surface area contributed by atoms with Crippen molar-refractivity contribution >= 4 is 29.5 Å². The molecule has 7 nitrogen and oxygen atoms in total. The molecule has 5 rings (SSSR count). The minimum atomic E-state index is -0.725. The van der Waals surface area contributed by atoms with Crippen molar-refractivity contribution in [1.82, 2.24) is 10.2 Å². The summed E-state index contributed by atoms with van der Waals surface area (Å²) >= 11 is 1.48. The van der Waals surface area contributed by atoms with Gasteiger partial charge in [0.15, 0.2) is 12.7 Å². The first-order valence-electron chi connectivity index (χ1n) is 11.5. The van der Waals surface area contributed by atoms with Gasteiger partial charge in [0.1, 0.15) is 22.9 Å². The summed E-state index contributed by atoms with van der Waals surface area (Å²) in [7, 11) is 0. The summed E-state index contributed by atoms with van der Waals surface area (Å²) in [5.74, 6) is -0.236. The van der Waals surface area contributed by atoms with Gasteiger partial charge in [0.05, 0.1) is 0 Å². The highest BCUT2D eigenvalue weighted by Crippen LogP contribution is 2.39. The SMILES string of the molecule is O=C(COc1ccccc1)N[C@@H]1C(=O)N2C(C(=O)OC(c3ccccc3)c3ccccc3)=CCS[C@@H]12. The van der Waals surface area contributed by atoms with Crippen LogP contribution in [0.5, 0.6) is 5.75 Å². The number of nitrogens with zero attached hydrogens (tertiary/aromatic N) is 1. The van der Waals surface area contributed by atoms with Crippen LogP contribution in [0.3, 0.4) is 0 Å². The van der Waals surface area contributed by atoms with Gasteiger partial charge in [-0.2, -0.15) is 0 Å². The molecular weight excluding hydrogens is 476 g/mol. The van der Waals surface area contributed by atoms with Gasteiger partial charge in [-0.05, 0) is 29.3 Å². The zero-order valence-corrected chi connectivity index (χ0v) is 20.1. The first kappa shape index (κ1) is 23.7. The van der Waals surface area contributed by atoms with Crippen molar-refractivity contribution < 1.29 is 23.9 Å². The normalized spacial score (nSPS) is 18.5. The van der Waals surface area contributed by atoms with Gasteiger partial charge in [0.25, 0.3) is 11.8 Å². The molecule has 2 amide bonds. The number of thioether (sulfide) groups is 1. The Labute approximate surface area is 213 Å². The van der Waals surface area contributed by atoms with E-state index < -0.39 is 24.0 Å². The van der Waals surface area contributed by atoms with Crippen molar-refractivity contribution in [2.75, 3.05) is 12.4 Å². The maximum Gasteiger partial charge on any atom is 0.355 e. The molecule has 182 valence electrons. The van der Waals surface area contributed by atoms with Crippen molar-refractivity contribution in [3.63, 3.8) is 0 Å². The third-order valence-electron chi connectivity index (χ3n) is 5.91. The molecule has 2 aliphatic rings. The lowest BCUT2D eigenvalue weighted by molar-refractivity contribution is -0.154. The molecule has 3 aromatic carbocycles. The summed E-state index contributed by atoms with van der Waals surface area (Å²) < 4.78 is 11.4. The second kappa shape index (κ2) is 10.7. The number of hydrogen-bond acceptors (Lipinski definition) is 6. The van der Waals surface area contributed by atoms with E-state index in [4.69, 9.17) is 9.47 Å². The monoisotopic (exact) mass is 500 g/mol. The molecule has 0 spiro atoms. The Balaban J connectivity index is 1.24. The molecule has 0 unspecified atom stereocenters. The van der Waals surface area contributed by atoms with Gasteiger partial charge in [-0.15, -0.1) is 11.8 Å². The van der Waals surface area contributed by atoms with E-state index in [1.54, 1.807) is 18.2 Å². The van der Waals surface area contributed by atoms with Crippen LogP contribution in [0.4, 0.5) is 0 Å². The number of β-lactam (4-membered cyclic amide) rings is 1. The minimum absolute atomic E-state index is 0.201. The third kappa shape index (κ3) is 4.99. The number of carbonyl (C=O) groups is 3. The van der Waals surface area contributed by atoms with Crippen LogP contribution in [0.1, 0.15) is 17.2 Å². The topological polar surface area (TPSA) is 84.9 Å². The number of benzene rings is 3. The van der Waals surface area contributed by atoms with Gasteiger partial charge >= 0.3 is 5.97 Å². The van der Waals surface area contributed by atoms with E-state index in [2.05, 4.69) is 5.32 Å². The van der Waals surface area contributed by atoms with E-state index in [0.717, 1.165) is 11.1 Å². The molecule has 1 N–H and O–H groups in total. The Bertz CT molecular complexity index is 1230. The Hall–Kier alpha value is -4.04. The maximum atomic E-state index is 13.3. The summed E-state index contributed by atoms with van der Waals surface area (Å²) in [6.07, 6.45) is 1.08. The Morgan fingerprint density at radius 3 is 2.11 bits per heavy atom. The molecule has 8 heteroatoms. The van der Waals surface area contributed by atoms with Gasteiger partial charge < -0.3 is 14.8 Å². The van der Waals surface area contributed by atoms with Crippen molar-refractivity contribution in [3.05, 3.63) is 114 Å². The van der Waals surface area contributed by atoms with Gasteiger partial charge in [-0.1, -0.05) is 78.9 Å². The molecule has 2 heterocycles. The number of hydrogen-bond donors (Lipinski definition) is 1. The summed E-state index contributed by atoms with van der Waals surface area (Å²) in [6, 6.07) is 27.2. The van der Waals surface area contributed by atoms with Gasteiger partial charge in [-0.3, -0.25) is 14.5 Å². The number of esters is 1. The van der Waals surface area contributed by atoms with Gasteiger partial charge in [0.2, 0.25) is 0 Å². The molecule has 1 saturated heterocycles. The predicted molar refractivity (Wildman–Crippen MR) is 136 cm³/mol. The lowest BCUT2D eigenvalue weighted by Crippen LogP contribution is -2.70. The summed E-state index contributed by atoms with van der Waals surface area (Å²) in [4.78, 5) is 40.0. The fourth-order valence-corrected chi connectivity index (χ4v) is 5.36. The van der Waals surface area contributed by atoms with Crippen LogP contribution in [-0.4, -0.2) is 46.5 Å². The van der Waals surface area contributed by atoms with Crippen molar-refractivity contribution in [2.24, 2.45) is 0 Å². The van der Waals surface area contributed by atoms with Crippen LogP contribution in [0.15, 0.2) is 103 Å². The first-order chi connectivity index (χ1) is 17.6. The zero-order chi connectivity index (χ0) is 24.9. The van der Waals surface area contributed by atoms with E-state index in [1.807, 2.05) is 78.9 Å². The fourth-order valence-electron chi connectivity index (χ4n) is 4.16. The van der Waals surface area contributed by atoms with Crippen molar-refractivity contribution in [2.45, 2.75) is 17.5 Å². The lowest BCUT2D eigenvalue weighted by Gasteiger charge is -2.48. The average molecular weight is 501 g/mol. The second-order valence-corrected chi connectivity index (χ2v) is 9.42. The molecule has 0 bridgehead atoms.